The molecule has 0 radical (unpaired) electrons. The molecule has 0 atom stereocenters. The van der Waals surface area contributed by atoms with Crippen LogP contribution in [-0.2, 0) is 0 Å². The highest BCUT2D eigenvalue weighted by Crippen LogP contribution is 2.30. The summed E-state index contributed by atoms with van der Waals surface area (Å²) < 4.78 is 6.91. The molecular formula is C19H23ClN5O2+. The molecule has 2 N–H and O–H groups in total. The van der Waals surface area contributed by atoms with Gasteiger partial charge in [-0.05, 0) is 31.2 Å². The van der Waals surface area contributed by atoms with Crippen LogP contribution in [0.5, 0.6) is 5.75 Å². The number of fused-ring (bicyclic) bond motifs is 1. The summed E-state index contributed by atoms with van der Waals surface area (Å²) in [5.74, 6) is 0.531. The number of nitrogens with zero attached hydrogens (tertiary/aromatic N) is 3. The lowest BCUT2D eigenvalue weighted by atomic mass is 10.2. The average molecular weight is 389 g/mol. The maximum atomic E-state index is 12.5. The van der Waals surface area contributed by atoms with Gasteiger partial charge in [0.2, 0.25) is 0 Å². The Morgan fingerprint density at radius 1 is 1.30 bits per heavy atom. The highest BCUT2D eigenvalue weighted by Gasteiger charge is 2.20. The summed E-state index contributed by atoms with van der Waals surface area (Å²) in [5, 5.41) is 8.48. The Morgan fingerprint density at radius 3 is 2.63 bits per heavy atom. The first kappa shape index (κ1) is 19.1. The molecule has 3 rings (SSSR count). The molecule has 1 amide bonds. The van der Waals surface area contributed by atoms with E-state index in [0.29, 0.717) is 33.9 Å². The van der Waals surface area contributed by atoms with Crippen molar-refractivity contribution in [2.75, 3.05) is 34.3 Å². The van der Waals surface area contributed by atoms with Crippen LogP contribution < -0.4 is 15.0 Å². The van der Waals surface area contributed by atoms with Gasteiger partial charge in [0.25, 0.3) is 5.91 Å². The van der Waals surface area contributed by atoms with Gasteiger partial charge in [0.15, 0.2) is 5.65 Å². The Bertz CT molecular complexity index is 966. The summed E-state index contributed by atoms with van der Waals surface area (Å²) in [7, 11) is 5.68. The van der Waals surface area contributed by atoms with Crippen LogP contribution in [0.1, 0.15) is 16.1 Å². The number of carbonyl (C=O) groups excluding carboxylic acids is 1. The molecule has 27 heavy (non-hydrogen) atoms. The van der Waals surface area contributed by atoms with Crippen molar-refractivity contribution in [1.29, 1.82) is 0 Å². The molecule has 3 aromatic rings. The normalized spacial score (nSPS) is 11.2. The molecule has 0 spiro atoms. The summed E-state index contributed by atoms with van der Waals surface area (Å²) in [4.78, 5) is 18.2. The summed E-state index contributed by atoms with van der Waals surface area (Å²) in [6, 6.07) is 7.50. The van der Waals surface area contributed by atoms with Crippen molar-refractivity contribution in [3.8, 4) is 11.4 Å². The third-order valence-electron chi connectivity index (χ3n) is 4.28. The van der Waals surface area contributed by atoms with Gasteiger partial charge in [-0.3, -0.25) is 4.79 Å². The van der Waals surface area contributed by atoms with Crippen molar-refractivity contribution in [2.24, 2.45) is 0 Å². The summed E-state index contributed by atoms with van der Waals surface area (Å²) in [6.07, 6.45) is 1.50. The third kappa shape index (κ3) is 3.89. The molecule has 0 saturated carbocycles. The standard InChI is InChI=1S/C19H22ClN5O2/c1-12-16-17(20)15(19(26)21-9-10-24(2)3)11-22-18(16)25(23-12)13-5-7-14(27-4)8-6-13/h5-8,11H,9-10H2,1-4H3,(H,21,26)/p+1. The zero-order valence-corrected chi connectivity index (χ0v) is 16.6. The molecule has 2 aromatic heterocycles. The Balaban J connectivity index is 1.97. The van der Waals surface area contributed by atoms with E-state index in [4.69, 9.17) is 16.3 Å². The first-order valence-electron chi connectivity index (χ1n) is 8.68. The van der Waals surface area contributed by atoms with E-state index < -0.39 is 0 Å². The van der Waals surface area contributed by atoms with Crippen molar-refractivity contribution >= 4 is 28.5 Å². The number of pyridine rings is 1. The van der Waals surface area contributed by atoms with Crippen LogP contribution in [0, 0.1) is 6.92 Å². The number of rotatable bonds is 6. The third-order valence-corrected chi connectivity index (χ3v) is 4.67. The summed E-state index contributed by atoms with van der Waals surface area (Å²) in [6.45, 7) is 3.25. The van der Waals surface area contributed by atoms with E-state index >= 15 is 0 Å². The molecule has 8 heteroatoms. The fourth-order valence-electron chi connectivity index (χ4n) is 2.79. The van der Waals surface area contributed by atoms with Crippen LogP contribution in [0.25, 0.3) is 16.7 Å². The smallest absolute Gasteiger partial charge is 0.254 e. The number of halogens is 1. The van der Waals surface area contributed by atoms with Gasteiger partial charge in [-0.1, -0.05) is 11.6 Å². The predicted octanol–water partition coefficient (Wildman–Crippen LogP) is 1.27. The number of ether oxygens (including phenoxy) is 1. The number of aromatic nitrogens is 3. The summed E-state index contributed by atoms with van der Waals surface area (Å²) in [5.41, 5.74) is 2.52. The first-order valence-corrected chi connectivity index (χ1v) is 9.05. The Labute approximate surface area is 162 Å². The van der Waals surface area contributed by atoms with Gasteiger partial charge in [0.05, 0.1) is 61.6 Å². The van der Waals surface area contributed by atoms with Gasteiger partial charge in [0.1, 0.15) is 5.75 Å². The lowest BCUT2D eigenvalue weighted by Gasteiger charge is -2.10. The van der Waals surface area contributed by atoms with Crippen molar-refractivity contribution in [3.05, 3.63) is 46.7 Å². The molecular weight excluding hydrogens is 366 g/mol. The van der Waals surface area contributed by atoms with Crippen LogP contribution in [0.3, 0.4) is 0 Å². The van der Waals surface area contributed by atoms with Crippen LogP contribution in [0.4, 0.5) is 0 Å². The van der Waals surface area contributed by atoms with E-state index in [1.165, 1.54) is 11.1 Å². The number of aryl methyl sites for hydroxylation is 1. The molecule has 0 bridgehead atoms. The highest BCUT2D eigenvalue weighted by molar-refractivity contribution is 6.38. The van der Waals surface area contributed by atoms with E-state index in [-0.39, 0.29) is 5.91 Å². The first-order chi connectivity index (χ1) is 12.9. The largest absolute Gasteiger partial charge is 0.497 e. The van der Waals surface area contributed by atoms with Crippen molar-refractivity contribution in [2.45, 2.75) is 6.92 Å². The number of hydrogen-bond acceptors (Lipinski definition) is 4. The Morgan fingerprint density at radius 2 is 2.00 bits per heavy atom. The molecule has 0 aliphatic heterocycles. The topological polar surface area (TPSA) is 73.5 Å². The second-order valence-electron chi connectivity index (χ2n) is 6.59. The second kappa shape index (κ2) is 7.94. The number of hydrogen-bond donors (Lipinski definition) is 2. The lowest BCUT2D eigenvalue weighted by Crippen LogP contribution is -3.06. The Kier molecular flexibility index (Phi) is 5.62. The molecule has 1 aromatic carbocycles. The number of carbonyl (C=O) groups is 1. The van der Waals surface area contributed by atoms with Gasteiger partial charge >= 0.3 is 0 Å². The Hall–Kier alpha value is -2.64. The van der Waals surface area contributed by atoms with Gasteiger partial charge in [-0.15, -0.1) is 0 Å². The minimum Gasteiger partial charge on any atom is -0.497 e. The number of amides is 1. The average Bonchev–Trinajstić information content (AvgIpc) is 2.99. The molecule has 0 aliphatic rings. The minimum atomic E-state index is -0.229. The molecule has 0 saturated heterocycles. The maximum absolute atomic E-state index is 12.5. The molecule has 7 nitrogen and oxygen atoms in total. The predicted molar refractivity (Wildman–Crippen MR) is 105 cm³/mol. The monoisotopic (exact) mass is 388 g/mol. The quantitative estimate of drug-likeness (QED) is 0.667. The maximum Gasteiger partial charge on any atom is 0.254 e. The lowest BCUT2D eigenvalue weighted by molar-refractivity contribution is -0.856. The number of quaternary nitrogens is 1. The van der Waals surface area contributed by atoms with E-state index in [0.717, 1.165) is 18.0 Å². The number of methoxy groups -OCH3 is 1. The van der Waals surface area contributed by atoms with E-state index in [1.807, 2.05) is 45.3 Å². The van der Waals surface area contributed by atoms with Crippen LogP contribution in [0.15, 0.2) is 30.5 Å². The van der Waals surface area contributed by atoms with Gasteiger partial charge in [0, 0.05) is 6.20 Å². The fourth-order valence-corrected chi connectivity index (χ4v) is 3.15. The number of benzene rings is 1. The van der Waals surface area contributed by atoms with Crippen LogP contribution in [-0.4, -0.2) is 55.0 Å². The van der Waals surface area contributed by atoms with Gasteiger partial charge in [-0.25, -0.2) is 9.67 Å². The van der Waals surface area contributed by atoms with Crippen molar-refractivity contribution in [3.63, 3.8) is 0 Å². The van der Waals surface area contributed by atoms with E-state index in [9.17, 15) is 4.79 Å². The zero-order valence-electron chi connectivity index (χ0n) is 15.8. The molecule has 0 fully saturated rings. The fraction of sp³-hybridized carbons (Fsp3) is 0.316. The number of nitrogens with one attached hydrogen (secondary N) is 2. The zero-order chi connectivity index (χ0) is 19.6. The summed E-state index contributed by atoms with van der Waals surface area (Å²) >= 11 is 6.55. The van der Waals surface area contributed by atoms with E-state index in [2.05, 4.69) is 15.4 Å². The van der Waals surface area contributed by atoms with Crippen molar-refractivity contribution in [1.82, 2.24) is 20.1 Å². The van der Waals surface area contributed by atoms with Crippen LogP contribution >= 0.6 is 11.6 Å². The SMILES string of the molecule is COc1ccc(-n2nc(C)c3c(Cl)c(C(=O)NCC[NH+](C)C)cnc32)cc1. The molecule has 142 valence electrons. The number of likely N-dealkylation sites (N-methyl/N-ethyl adjacent to an activating group) is 1. The van der Waals surface area contributed by atoms with E-state index in [1.54, 1.807) is 11.8 Å². The second-order valence-corrected chi connectivity index (χ2v) is 6.97. The molecule has 0 aliphatic carbocycles. The van der Waals surface area contributed by atoms with Crippen molar-refractivity contribution < 1.29 is 14.4 Å². The molecule has 0 unspecified atom stereocenters. The van der Waals surface area contributed by atoms with Crippen LogP contribution in [0.2, 0.25) is 5.02 Å². The molecule has 2 heterocycles. The van der Waals surface area contributed by atoms with Gasteiger partial charge < -0.3 is 15.0 Å². The van der Waals surface area contributed by atoms with Gasteiger partial charge in [-0.2, -0.15) is 5.10 Å². The highest BCUT2D eigenvalue weighted by atomic mass is 35.5. The minimum absolute atomic E-state index is 0.229.